The van der Waals surface area contributed by atoms with Crippen LogP contribution in [0.1, 0.15) is 57.4 Å². The van der Waals surface area contributed by atoms with Gasteiger partial charge in [0.25, 0.3) is 0 Å². The number of piperidine rings is 1. The average Bonchev–Trinajstić information content (AvgIpc) is 2.80. The van der Waals surface area contributed by atoms with Gasteiger partial charge in [-0.25, -0.2) is 9.18 Å². The van der Waals surface area contributed by atoms with Crippen molar-refractivity contribution < 1.29 is 18.8 Å². The van der Waals surface area contributed by atoms with Crippen LogP contribution in [0.5, 0.6) is 0 Å². The first kappa shape index (κ1) is 24.2. The molecule has 1 aliphatic carbocycles. The number of urea groups is 1. The molecular weight excluding hydrogens is 411 g/mol. The SMILES string of the molecule is CC(C(=O)NC(=O)NC1CCCCC1)N1CCC(C(=O)NCCc2ccccc2F)CC1. The zero-order valence-electron chi connectivity index (χ0n) is 18.9. The molecule has 2 aliphatic rings. The number of imide groups is 1. The first-order chi connectivity index (χ1) is 15.4. The van der Waals surface area contributed by atoms with E-state index in [1.54, 1.807) is 25.1 Å². The molecule has 0 bridgehead atoms. The van der Waals surface area contributed by atoms with Crippen molar-refractivity contribution >= 4 is 17.8 Å². The summed E-state index contributed by atoms with van der Waals surface area (Å²) in [6, 6.07) is 5.88. The third-order valence-corrected chi connectivity index (χ3v) is 6.66. The molecule has 1 atom stereocenters. The van der Waals surface area contributed by atoms with Crippen LogP contribution in [0.25, 0.3) is 0 Å². The minimum atomic E-state index is -0.433. The van der Waals surface area contributed by atoms with Crippen molar-refractivity contribution in [3.8, 4) is 0 Å². The minimum absolute atomic E-state index is 0.0232. The number of hydrogen-bond acceptors (Lipinski definition) is 4. The number of benzene rings is 1. The van der Waals surface area contributed by atoms with Crippen LogP contribution in [0, 0.1) is 11.7 Å². The lowest BCUT2D eigenvalue weighted by atomic mass is 9.94. The van der Waals surface area contributed by atoms with Crippen molar-refractivity contribution in [2.75, 3.05) is 19.6 Å². The van der Waals surface area contributed by atoms with E-state index in [1.165, 1.54) is 12.5 Å². The van der Waals surface area contributed by atoms with E-state index in [0.29, 0.717) is 44.5 Å². The number of halogens is 1. The van der Waals surface area contributed by atoms with Crippen LogP contribution in [-0.4, -0.2) is 54.5 Å². The van der Waals surface area contributed by atoms with E-state index in [2.05, 4.69) is 16.0 Å². The van der Waals surface area contributed by atoms with Crippen LogP contribution in [0.4, 0.5) is 9.18 Å². The lowest BCUT2D eigenvalue weighted by Gasteiger charge is -2.34. The predicted molar refractivity (Wildman–Crippen MR) is 120 cm³/mol. The van der Waals surface area contributed by atoms with Gasteiger partial charge in [0.05, 0.1) is 6.04 Å². The Kier molecular flexibility index (Phi) is 9.02. The normalized spacial score (nSPS) is 19.2. The van der Waals surface area contributed by atoms with Gasteiger partial charge in [0, 0.05) is 18.5 Å². The summed E-state index contributed by atoms with van der Waals surface area (Å²) in [7, 11) is 0. The maximum absolute atomic E-state index is 13.7. The van der Waals surface area contributed by atoms with E-state index >= 15 is 0 Å². The lowest BCUT2D eigenvalue weighted by Crippen LogP contribution is -2.53. The molecule has 1 unspecified atom stereocenters. The Balaban J connectivity index is 1.35. The molecule has 32 heavy (non-hydrogen) atoms. The van der Waals surface area contributed by atoms with Crippen LogP contribution < -0.4 is 16.0 Å². The predicted octanol–water partition coefficient (Wildman–Crippen LogP) is 2.74. The summed E-state index contributed by atoms with van der Waals surface area (Å²) < 4.78 is 13.7. The quantitative estimate of drug-likeness (QED) is 0.601. The molecule has 0 spiro atoms. The van der Waals surface area contributed by atoms with Crippen molar-refractivity contribution in [2.45, 2.75) is 70.4 Å². The van der Waals surface area contributed by atoms with Gasteiger partial charge in [-0.05, 0) is 63.7 Å². The standard InChI is InChI=1S/C24H35FN4O3/c1-17(22(30)28-24(32)27-20-8-3-2-4-9-20)29-15-12-19(13-16-29)23(31)26-14-11-18-7-5-6-10-21(18)25/h5-7,10,17,19-20H,2-4,8-9,11-16H2,1H3,(H,26,31)(H2,27,28,30,32). The van der Waals surface area contributed by atoms with Gasteiger partial charge in [0.1, 0.15) is 5.82 Å². The van der Waals surface area contributed by atoms with Gasteiger partial charge >= 0.3 is 6.03 Å². The van der Waals surface area contributed by atoms with E-state index < -0.39 is 12.1 Å². The molecule has 2 fully saturated rings. The number of amides is 4. The lowest BCUT2D eigenvalue weighted by molar-refractivity contribution is -0.128. The molecule has 3 N–H and O–H groups in total. The fraction of sp³-hybridized carbons (Fsp3) is 0.625. The zero-order chi connectivity index (χ0) is 22.9. The fourth-order valence-corrected chi connectivity index (χ4v) is 4.57. The highest BCUT2D eigenvalue weighted by Crippen LogP contribution is 2.20. The largest absolute Gasteiger partial charge is 0.356 e. The topological polar surface area (TPSA) is 90.5 Å². The first-order valence-electron chi connectivity index (χ1n) is 11.8. The van der Waals surface area contributed by atoms with Crippen molar-refractivity contribution in [1.82, 2.24) is 20.9 Å². The molecule has 1 aromatic rings. The van der Waals surface area contributed by atoms with Gasteiger partial charge in [0.15, 0.2) is 0 Å². The Bertz CT molecular complexity index is 789. The monoisotopic (exact) mass is 446 g/mol. The molecule has 1 heterocycles. The second-order valence-corrected chi connectivity index (χ2v) is 8.92. The van der Waals surface area contributed by atoms with Crippen LogP contribution in [0.2, 0.25) is 0 Å². The highest BCUT2D eigenvalue weighted by molar-refractivity contribution is 5.96. The van der Waals surface area contributed by atoms with Gasteiger partial charge in [-0.1, -0.05) is 37.5 Å². The average molecular weight is 447 g/mol. The van der Waals surface area contributed by atoms with E-state index in [-0.39, 0.29) is 29.6 Å². The molecule has 1 aliphatic heterocycles. The molecule has 1 saturated carbocycles. The molecule has 4 amide bonds. The highest BCUT2D eigenvalue weighted by Gasteiger charge is 2.30. The second-order valence-electron chi connectivity index (χ2n) is 8.92. The Morgan fingerprint density at radius 2 is 1.75 bits per heavy atom. The van der Waals surface area contributed by atoms with Crippen LogP contribution >= 0.6 is 0 Å². The molecule has 8 heteroatoms. The molecule has 1 aromatic carbocycles. The Morgan fingerprint density at radius 3 is 2.44 bits per heavy atom. The third-order valence-electron chi connectivity index (χ3n) is 6.66. The van der Waals surface area contributed by atoms with Gasteiger partial charge in [0.2, 0.25) is 11.8 Å². The van der Waals surface area contributed by atoms with Crippen molar-refractivity contribution in [3.05, 3.63) is 35.6 Å². The van der Waals surface area contributed by atoms with E-state index in [0.717, 1.165) is 25.7 Å². The number of carbonyl (C=O) groups is 3. The highest BCUT2D eigenvalue weighted by atomic mass is 19.1. The summed E-state index contributed by atoms with van der Waals surface area (Å²) in [4.78, 5) is 39.1. The summed E-state index contributed by atoms with van der Waals surface area (Å²) in [6.07, 6.45) is 7.11. The summed E-state index contributed by atoms with van der Waals surface area (Å²) in [5, 5.41) is 8.27. The number of likely N-dealkylation sites (tertiary alicyclic amines) is 1. The van der Waals surface area contributed by atoms with Crippen molar-refractivity contribution in [2.24, 2.45) is 5.92 Å². The zero-order valence-corrected chi connectivity index (χ0v) is 18.9. The molecule has 176 valence electrons. The van der Waals surface area contributed by atoms with E-state index in [1.807, 2.05) is 4.90 Å². The van der Waals surface area contributed by atoms with Crippen LogP contribution in [0.15, 0.2) is 24.3 Å². The number of hydrogen-bond donors (Lipinski definition) is 3. The van der Waals surface area contributed by atoms with E-state index in [9.17, 15) is 18.8 Å². The van der Waals surface area contributed by atoms with Gasteiger partial charge in [-0.3, -0.25) is 19.8 Å². The molecule has 3 rings (SSSR count). The summed E-state index contributed by atoms with van der Waals surface area (Å²) in [5.74, 6) is -0.706. The maximum atomic E-state index is 13.7. The Hall–Kier alpha value is -2.48. The number of nitrogens with zero attached hydrogens (tertiary/aromatic N) is 1. The smallest absolute Gasteiger partial charge is 0.321 e. The molecule has 7 nitrogen and oxygen atoms in total. The van der Waals surface area contributed by atoms with E-state index in [4.69, 9.17) is 0 Å². The van der Waals surface area contributed by atoms with Crippen LogP contribution in [0.3, 0.4) is 0 Å². The van der Waals surface area contributed by atoms with Crippen molar-refractivity contribution in [1.29, 1.82) is 0 Å². The Morgan fingerprint density at radius 1 is 1.06 bits per heavy atom. The number of rotatable bonds is 7. The molecule has 0 radical (unpaired) electrons. The number of nitrogens with one attached hydrogen (secondary N) is 3. The molecule has 1 saturated heterocycles. The third kappa shape index (κ3) is 7.02. The second kappa shape index (κ2) is 11.9. The van der Waals surface area contributed by atoms with Gasteiger partial charge in [-0.2, -0.15) is 0 Å². The maximum Gasteiger partial charge on any atom is 0.321 e. The summed E-state index contributed by atoms with van der Waals surface area (Å²) in [6.45, 7) is 3.42. The molecule has 0 aromatic heterocycles. The van der Waals surface area contributed by atoms with Crippen LogP contribution in [-0.2, 0) is 16.0 Å². The Labute approximate surface area is 189 Å². The molecular formula is C24H35FN4O3. The summed E-state index contributed by atoms with van der Waals surface area (Å²) in [5.41, 5.74) is 0.593. The van der Waals surface area contributed by atoms with Crippen molar-refractivity contribution in [3.63, 3.8) is 0 Å². The first-order valence-corrected chi connectivity index (χ1v) is 11.8. The fourth-order valence-electron chi connectivity index (χ4n) is 4.57. The van der Waals surface area contributed by atoms with Gasteiger partial charge < -0.3 is 10.6 Å². The minimum Gasteiger partial charge on any atom is -0.356 e. The van der Waals surface area contributed by atoms with Gasteiger partial charge in [-0.15, -0.1) is 0 Å². The summed E-state index contributed by atoms with van der Waals surface area (Å²) >= 11 is 0. The number of carbonyl (C=O) groups excluding carboxylic acids is 3.